The molecule has 6 nitrogen and oxygen atoms in total. The minimum Gasteiger partial charge on any atom is -0.379 e. The van der Waals surface area contributed by atoms with Crippen LogP contribution in [-0.2, 0) is 4.74 Å². The second kappa shape index (κ2) is 8.61. The Hall–Kier alpha value is -1.93. The van der Waals surface area contributed by atoms with Gasteiger partial charge in [0.15, 0.2) is 0 Å². The molecule has 0 atom stereocenters. The first-order valence-electron chi connectivity index (χ1n) is 9.45. The zero-order chi connectivity index (χ0) is 19.5. The van der Waals surface area contributed by atoms with Gasteiger partial charge in [-0.25, -0.2) is 4.68 Å². The predicted molar refractivity (Wildman–Crippen MR) is 113 cm³/mol. The number of thiophene rings is 1. The summed E-state index contributed by atoms with van der Waals surface area (Å²) in [5, 5.41) is 9.36. The summed E-state index contributed by atoms with van der Waals surface area (Å²) in [5.41, 5.74) is 1.84. The van der Waals surface area contributed by atoms with Gasteiger partial charge in [0.05, 0.1) is 29.5 Å². The summed E-state index contributed by atoms with van der Waals surface area (Å²) in [6.45, 7) is 7.19. The first kappa shape index (κ1) is 19.4. The zero-order valence-electron chi connectivity index (χ0n) is 15.8. The third-order valence-electron chi connectivity index (χ3n) is 4.88. The first-order chi connectivity index (χ1) is 13.6. The highest BCUT2D eigenvalue weighted by Crippen LogP contribution is 2.30. The molecule has 1 N–H and O–H groups in total. The number of morpholine rings is 1. The molecule has 1 saturated heterocycles. The summed E-state index contributed by atoms with van der Waals surface area (Å²) < 4.78 is 7.23. The molecule has 0 spiro atoms. The van der Waals surface area contributed by atoms with E-state index in [9.17, 15) is 4.79 Å². The Balaban J connectivity index is 1.41. The molecule has 1 aromatic carbocycles. The van der Waals surface area contributed by atoms with Crippen molar-refractivity contribution in [2.75, 3.05) is 39.4 Å². The lowest BCUT2D eigenvalue weighted by atomic mass is 10.3. The number of carbonyl (C=O) groups is 1. The second-order valence-corrected chi connectivity index (χ2v) is 8.33. The molecule has 8 heteroatoms. The Labute approximate surface area is 173 Å². The fourth-order valence-electron chi connectivity index (χ4n) is 3.33. The molecule has 3 aromatic rings. The predicted octanol–water partition coefficient (Wildman–Crippen LogP) is 3.50. The number of rotatable bonds is 6. The van der Waals surface area contributed by atoms with Gasteiger partial charge in [-0.15, -0.1) is 11.3 Å². The van der Waals surface area contributed by atoms with Crippen LogP contribution in [0.15, 0.2) is 30.3 Å². The summed E-state index contributed by atoms with van der Waals surface area (Å²) in [4.78, 5) is 16.6. The van der Waals surface area contributed by atoms with E-state index in [0.717, 1.165) is 60.9 Å². The third-order valence-corrected chi connectivity index (χ3v) is 6.24. The molecular weight excluding hydrogens is 396 g/mol. The molecule has 2 aromatic heterocycles. The monoisotopic (exact) mass is 418 g/mol. The van der Waals surface area contributed by atoms with Crippen LogP contribution in [0, 0.1) is 6.92 Å². The zero-order valence-corrected chi connectivity index (χ0v) is 17.4. The van der Waals surface area contributed by atoms with Crippen LogP contribution in [0.2, 0.25) is 5.02 Å². The van der Waals surface area contributed by atoms with Crippen molar-refractivity contribution in [3.63, 3.8) is 0 Å². The van der Waals surface area contributed by atoms with Crippen molar-refractivity contribution < 1.29 is 9.53 Å². The smallest absolute Gasteiger partial charge is 0.261 e. The summed E-state index contributed by atoms with van der Waals surface area (Å²) in [5.74, 6) is -0.0229. The highest BCUT2D eigenvalue weighted by atomic mass is 35.5. The van der Waals surface area contributed by atoms with E-state index >= 15 is 0 Å². The lowest BCUT2D eigenvalue weighted by Gasteiger charge is -2.26. The molecule has 1 aliphatic rings. The fourth-order valence-corrected chi connectivity index (χ4v) is 4.56. The van der Waals surface area contributed by atoms with E-state index in [4.69, 9.17) is 16.3 Å². The quantitative estimate of drug-likeness (QED) is 0.622. The lowest BCUT2D eigenvalue weighted by Crippen LogP contribution is -2.38. The molecule has 0 bridgehead atoms. The number of benzene rings is 1. The van der Waals surface area contributed by atoms with Crippen molar-refractivity contribution in [3.05, 3.63) is 45.9 Å². The van der Waals surface area contributed by atoms with Crippen LogP contribution < -0.4 is 5.32 Å². The number of nitrogens with zero attached hydrogens (tertiary/aromatic N) is 3. The number of hydrogen-bond donors (Lipinski definition) is 1. The Morgan fingerprint density at radius 2 is 2.04 bits per heavy atom. The van der Waals surface area contributed by atoms with Gasteiger partial charge in [-0.05, 0) is 50.2 Å². The Morgan fingerprint density at radius 1 is 1.29 bits per heavy atom. The van der Waals surface area contributed by atoms with Crippen LogP contribution in [0.25, 0.3) is 15.9 Å². The van der Waals surface area contributed by atoms with Gasteiger partial charge in [0.25, 0.3) is 5.91 Å². The molecule has 1 aliphatic heterocycles. The average Bonchev–Trinajstić information content (AvgIpc) is 3.27. The average molecular weight is 419 g/mol. The minimum absolute atomic E-state index is 0.0229. The molecule has 1 amide bonds. The van der Waals surface area contributed by atoms with Gasteiger partial charge >= 0.3 is 0 Å². The molecule has 0 aliphatic carbocycles. The molecule has 4 rings (SSSR count). The molecule has 148 valence electrons. The lowest BCUT2D eigenvalue weighted by molar-refractivity contribution is 0.0374. The van der Waals surface area contributed by atoms with Crippen LogP contribution in [0.1, 0.15) is 21.8 Å². The largest absolute Gasteiger partial charge is 0.379 e. The SMILES string of the molecule is Cc1nn(-c2ccc(Cl)cc2)c2sc(C(=O)NCCCN3CCOCC3)cc12. The van der Waals surface area contributed by atoms with E-state index < -0.39 is 0 Å². The van der Waals surface area contributed by atoms with E-state index in [1.807, 2.05) is 41.9 Å². The number of ether oxygens (including phenoxy) is 1. The van der Waals surface area contributed by atoms with Gasteiger partial charge in [0.2, 0.25) is 0 Å². The standard InChI is InChI=1S/C20H23ClN4O2S/c1-14-17-13-18(19(26)22-7-2-8-24-9-11-27-12-10-24)28-20(17)25(23-14)16-5-3-15(21)4-6-16/h3-6,13H,2,7-12H2,1H3,(H,22,26). The van der Waals surface area contributed by atoms with Crippen LogP contribution in [0.3, 0.4) is 0 Å². The van der Waals surface area contributed by atoms with Gasteiger partial charge in [0.1, 0.15) is 4.83 Å². The van der Waals surface area contributed by atoms with Crippen molar-refractivity contribution >= 4 is 39.1 Å². The Morgan fingerprint density at radius 3 is 2.79 bits per heavy atom. The van der Waals surface area contributed by atoms with Gasteiger partial charge in [0, 0.05) is 30.0 Å². The van der Waals surface area contributed by atoms with Gasteiger partial charge in [-0.2, -0.15) is 5.10 Å². The summed E-state index contributed by atoms with van der Waals surface area (Å²) in [6.07, 6.45) is 0.939. The van der Waals surface area contributed by atoms with Gasteiger partial charge in [-0.1, -0.05) is 11.6 Å². The van der Waals surface area contributed by atoms with Gasteiger partial charge < -0.3 is 10.1 Å². The minimum atomic E-state index is -0.0229. The first-order valence-corrected chi connectivity index (χ1v) is 10.6. The van der Waals surface area contributed by atoms with E-state index in [0.29, 0.717) is 16.4 Å². The maximum absolute atomic E-state index is 12.6. The normalized spacial score (nSPS) is 15.2. The van der Waals surface area contributed by atoms with E-state index in [-0.39, 0.29) is 5.91 Å². The maximum Gasteiger partial charge on any atom is 0.261 e. The van der Waals surface area contributed by atoms with E-state index in [1.54, 1.807) is 0 Å². The van der Waals surface area contributed by atoms with Crippen LogP contribution >= 0.6 is 22.9 Å². The number of halogens is 1. The Bertz CT molecular complexity index is 961. The third kappa shape index (κ3) is 4.22. The number of nitrogens with one attached hydrogen (secondary N) is 1. The Kier molecular flexibility index (Phi) is 5.96. The van der Waals surface area contributed by atoms with E-state index in [1.165, 1.54) is 11.3 Å². The fraction of sp³-hybridized carbons (Fsp3) is 0.400. The molecule has 0 radical (unpaired) electrons. The maximum atomic E-state index is 12.6. The number of hydrogen-bond acceptors (Lipinski definition) is 5. The molecule has 28 heavy (non-hydrogen) atoms. The molecule has 1 fully saturated rings. The van der Waals surface area contributed by atoms with E-state index in [2.05, 4.69) is 15.3 Å². The van der Waals surface area contributed by atoms with Crippen LogP contribution in [-0.4, -0.2) is 60.0 Å². The second-order valence-electron chi connectivity index (χ2n) is 6.87. The number of amides is 1. The van der Waals surface area contributed by atoms with Gasteiger partial charge in [-0.3, -0.25) is 9.69 Å². The highest BCUT2D eigenvalue weighted by molar-refractivity contribution is 7.20. The molecule has 0 unspecified atom stereocenters. The number of aromatic nitrogens is 2. The number of aryl methyl sites for hydroxylation is 1. The topological polar surface area (TPSA) is 59.4 Å². The number of carbonyl (C=O) groups excluding carboxylic acids is 1. The highest BCUT2D eigenvalue weighted by Gasteiger charge is 2.17. The van der Waals surface area contributed by atoms with Crippen LogP contribution in [0.4, 0.5) is 0 Å². The molecule has 0 saturated carbocycles. The van der Waals surface area contributed by atoms with Crippen molar-refractivity contribution in [2.24, 2.45) is 0 Å². The molecular formula is C20H23ClN4O2S. The summed E-state index contributed by atoms with van der Waals surface area (Å²) in [6, 6.07) is 9.48. The molecule has 3 heterocycles. The summed E-state index contributed by atoms with van der Waals surface area (Å²) in [7, 11) is 0. The summed E-state index contributed by atoms with van der Waals surface area (Å²) >= 11 is 7.46. The number of fused-ring (bicyclic) bond motifs is 1. The van der Waals surface area contributed by atoms with Crippen molar-refractivity contribution in [1.82, 2.24) is 20.0 Å². The van der Waals surface area contributed by atoms with Crippen LogP contribution in [0.5, 0.6) is 0 Å². The van der Waals surface area contributed by atoms with Crippen molar-refractivity contribution in [1.29, 1.82) is 0 Å². The van der Waals surface area contributed by atoms with Crippen molar-refractivity contribution in [3.8, 4) is 5.69 Å². The van der Waals surface area contributed by atoms with Crippen molar-refractivity contribution in [2.45, 2.75) is 13.3 Å².